The summed E-state index contributed by atoms with van der Waals surface area (Å²) in [4.78, 5) is 2.30. The Morgan fingerprint density at radius 1 is 1.50 bits per heavy atom. The maximum Gasteiger partial charge on any atom is 0.123 e. The number of hydrogen-bond acceptors (Lipinski definition) is 3. The van der Waals surface area contributed by atoms with E-state index >= 15 is 0 Å². The molecule has 100 valence electrons. The molecule has 1 saturated heterocycles. The maximum atomic E-state index is 13.3. The second kappa shape index (κ2) is 6.27. The Morgan fingerprint density at radius 3 is 3.00 bits per heavy atom. The third-order valence-electron chi connectivity index (χ3n) is 3.75. The van der Waals surface area contributed by atoms with Crippen LogP contribution in [0.15, 0.2) is 24.3 Å². The standard InChI is InChI=1S/C14H21FN2O/c15-13-3-1-2-12(8-13)14(9-16)17-6-4-11(10-17)5-7-18/h1-3,8,11,14,18H,4-7,9-10,16H2. The maximum absolute atomic E-state index is 13.3. The van der Waals surface area contributed by atoms with Crippen molar-refractivity contribution < 1.29 is 9.50 Å². The molecule has 4 heteroatoms. The summed E-state index contributed by atoms with van der Waals surface area (Å²) in [6, 6.07) is 6.77. The molecule has 0 radical (unpaired) electrons. The summed E-state index contributed by atoms with van der Waals surface area (Å²) < 4.78 is 13.3. The molecule has 2 unspecified atom stereocenters. The van der Waals surface area contributed by atoms with Gasteiger partial charge >= 0.3 is 0 Å². The summed E-state index contributed by atoms with van der Waals surface area (Å²) in [6.07, 6.45) is 1.93. The SMILES string of the molecule is NCC(c1cccc(F)c1)N1CCC(CCO)C1. The number of benzene rings is 1. The van der Waals surface area contributed by atoms with Gasteiger partial charge in [-0.05, 0) is 43.0 Å². The Labute approximate surface area is 107 Å². The Hall–Kier alpha value is -0.970. The Balaban J connectivity index is 2.06. The van der Waals surface area contributed by atoms with E-state index in [0.717, 1.165) is 31.5 Å². The fourth-order valence-corrected chi connectivity index (χ4v) is 2.77. The van der Waals surface area contributed by atoms with Crippen molar-refractivity contribution in [2.24, 2.45) is 11.7 Å². The van der Waals surface area contributed by atoms with Crippen LogP contribution in [0.25, 0.3) is 0 Å². The minimum atomic E-state index is -0.211. The smallest absolute Gasteiger partial charge is 0.123 e. The average molecular weight is 252 g/mol. The Kier molecular flexibility index (Phi) is 4.69. The third kappa shape index (κ3) is 3.07. The van der Waals surface area contributed by atoms with Gasteiger partial charge in [0.1, 0.15) is 5.82 Å². The molecule has 0 amide bonds. The van der Waals surface area contributed by atoms with Gasteiger partial charge in [0.2, 0.25) is 0 Å². The quantitative estimate of drug-likeness (QED) is 0.835. The first-order valence-electron chi connectivity index (χ1n) is 6.55. The highest BCUT2D eigenvalue weighted by Crippen LogP contribution is 2.28. The van der Waals surface area contributed by atoms with Gasteiger partial charge in [-0.15, -0.1) is 0 Å². The molecule has 0 aromatic heterocycles. The van der Waals surface area contributed by atoms with Crippen LogP contribution in [0.1, 0.15) is 24.4 Å². The van der Waals surface area contributed by atoms with Crippen LogP contribution in [-0.2, 0) is 0 Å². The molecule has 1 aromatic rings. The summed E-state index contributed by atoms with van der Waals surface area (Å²) in [6.45, 7) is 2.66. The lowest BCUT2D eigenvalue weighted by Gasteiger charge is -2.27. The normalized spacial score (nSPS) is 22.3. The van der Waals surface area contributed by atoms with Gasteiger partial charge in [0.25, 0.3) is 0 Å². The number of aliphatic hydroxyl groups is 1. The van der Waals surface area contributed by atoms with Crippen LogP contribution in [-0.4, -0.2) is 36.2 Å². The van der Waals surface area contributed by atoms with Crippen LogP contribution in [0.5, 0.6) is 0 Å². The van der Waals surface area contributed by atoms with Gasteiger partial charge in [0.15, 0.2) is 0 Å². The zero-order valence-electron chi connectivity index (χ0n) is 10.6. The Morgan fingerprint density at radius 2 is 2.33 bits per heavy atom. The van der Waals surface area contributed by atoms with Crippen LogP contribution in [0.2, 0.25) is 0 Å². The molecular formula is C14H21FN2O. The first-order chi connectivity index (χ1) is 8.74. The molecular weight excluding hydrogens is 231 g/mol. The van der Waals surface area contributed by atoms with E-state index in [4.69, 9.17) is 10.8 Å². The van der Waals surface area contributed by atoms with Crippen molar-refractivity contribution in [2.45, 2.75) is 18.9 Å². The van der Waals surface area contributed by atoms with Crippen molar-refractivity contribution in [1.82, 2.24) is 4.90 Å². The topological polar surface area (TPSA) is 49.5 Å². The summed E-state index contributed by atoms with van der Waals surface area (Å²) in [5.41, 5.74) is 6.79. The first kappa shape index (κ1) is 13.5. The molecule has 2 atom stereocenters. The summed E-state index contributed by atoms with van der Waals surface area (Å²) >= 11 is 0. The van der Waals surface area contributed by atoms with Crippen LogP contribution in [0.4, 0.5) is 4.39 Å². The predicted molar refractivity (Wildman–Crippen MR) is 69.6 cm³/mol. The minimum absolute atomic E-state index is 0.0874. The van der Waals surface area contributed by atoms with E-state index in [1.165, 1.54) is 6.07 Å². The number of nitrogens with zero attached hydrogens (tertiary/aromatic N) is 1. The zero-order chi connectivity index (χ0) is 13.0. The van der Waals surface area contributed by atoms with Crippen molar-refractivity contribution in [2.75, 3.05) is 26.2 Å². The summed E-state index contributed by atoms with van der Waals surface area (Å²) in [5, 5.41) is 8.97. The number of hydrogen-bond donors (Lipinski definition) is 2. The summed E-state index contributed by atoms with van der Waals surface area (Å²) in [5.74, 6) is 0.328. The van der Waals surface area contributed by atoms with Crippen LogP contribution >= 0.6 is 0 Å². The highest BCUT2D eigenvalue weighted by atomic mass is 19.1. The highest BCUT2D eigenvalue weighted by Gasteiger charge is 2.28. The molecule has 1 heterocycles. The average Bonchev–Trinajstić information content (AvgIpc) is 2.79. The van der Waals surface area contributed by atoms with E-state index in [1.54, 1.807) is 12.1 Å². The van der Waals surface area contributed by atoms with E-state index in [9.17, 15) is 4.39 Å². The van der Waals surface area contributed by atoms with Gasteiger partial charge in [-0.3, -0.25) is 4.90 Å². The highest BCUT2D eigenvalue weighted by molar-refractivity contribution is 5.21. The molecule has 0 bridgehead atoms. The van der Waals surface area contributed by atoms with Crippen molar-refractivity contribution >= 4 is 0 Å². The molecule has 0 spiro atoms. The zero-order valence-corrected chi connectivity index (χ0v) is 10.6. The van der Waals surface area contributed by atoms with E-state index < -0.39 is 0 Å². The largest absolute Gasteiger partial charge is 0.396 e. The second-order valence-corrected chi connectivity index (χ2v) is 4.97. The van der Waals surface area contributed by atoms with Gasteiger partial charge in [0.05, 0.1) is 0 Å². The second-order valence-electron chi connectivity index (χ2n) is 4.97. The van der Waals surface area contributed by atoms with Crippen molar-refractivity contribution in [3.63, 3.8) is 0 Å². The molecule has 0 saturated carbocycles. The van der Waals surface area contributed by atoms with Crippen molar-refractivity contribution in [1.29, 1.82) is 0 Å². The lowest BCUT2D eigenvalue weighted by Crippen LogP contribution is -2.32. The molecule has 0 aliphatic carbocycles. The molecule has 3 N–H and O–H groups in total. The molecule has 18 heavy (non-hydrogen) atoms. The predicted octanol–water partition coefficient (Wildman–Crippen LogP) is 1.53. The molecule has 1 aliphatic rings. The first-order valence-corrected chi connectivity index (χ1v) is 6.55. The van der Waals surface area contributed by atoms with Gasteiger partial charge in [-0.2, -0.15) is 0 Å². The van der Waals surface area contributed by atoms with Crippen LogP contribution in [0.3, 0.4) is 0 Å². The van der Waals surface area contributed by atoms with E-state index in [0.29, 0.717) is 12.5 Å². The van der Waals surface area contributed by atoms with E-state index in [1.807, 2.05) is 6.07 Å². The van der Waals surface area contributed by atoms with Crippen molar-refractivity contribution in [3.8, 4) is 0 Å². The molecule has 3 nitrogen and oxygen atoms in total. The minimum Gasteiger partial charge on any atom is -0.396 e. The lowest BCUT2D eigenvalue weighted by atomic mass is 10.0. The number of nitrogens with two attached hydrogens (primary N) is 1. The van der Waals surface area contributed by atoms with Crippen LogP contribution in [0, 0.1) is 11.7 Å². The van der Waals surface area contributed by atoms with E-state index in [-0.39, 0.29) is 18.5 Å². The fraction of sp³-hybridized carbons (Fsp3) is 0.571. The fourth-order valence-electron chi connectivity index (χ4n) is 2.77. The number of rotatable bonds is 5. The Bertz CT molecular complexity index is 386. The van der Waals surface area contributed by atoms with Gasteiger partial charge in [-0.25, -0.2) is 4.39 Å². The lowest BCUT2D eigenvalue weighted by molar-refractivity contribution is 0.222. The van der Waals surface area contributed by atoms with Gasteiger partial charge in [-0.1, -0.05) is 12.1 Å². The number of halogens is 1. The molecule has 2 rings (SSSR count). The monoisotopic (exact) mass is 252 g/mol. The van der Waals surface area contributed by atoms with Crippen LogP contribution < -0.4 is 5.73 Å². The number of aliphatic hydroxyl groups excluding tert-OH is 1. The third-order valence-corrected chi connectivity index (χ3v) is 3.75. The van der Waals surface area contributed by atoms with Gasteiger partial charge in [0, 0.05) is 25.7 Å². The van der Waals surface area contributed by atoms with Crippen molar-refractivity contribution in [3.05, 3.63) is 35.6 Å². The van der Waals surface area contributed by atoms with E-state index in [2.05, 4.69) is 4.90 Å². The summed E-state index contributed by atoms with van der Waals surface area (Å²) in [7, 11) is 0. The molecule has 1 aliphatic heterocycles. The number of likely N-dealkylation sites (tertiary alicyclic amines) is 1. The molecule has 1 aromatic carbocycles. The molecule has 1 fully saturated rings. The van der Waals surface area contributed by atoms with Gasteiger partial charge < -0.3 is 10.8 Å².